The standard InChI is InChI=1S/C15H19N3O2/c1-10-3-4-13-12(9-10)16-15(17(13)2)18-7-5-11(6-8-18)14(19)20/h3-4,9,11H,5-8H2,1-2H3,(H,19,20). The molecule has 0 atom stereocenters. The van der Waals surface area contributed by atoms with E-state index in [-0.39, 0.29) is 5.92 Å². The van der Waals surface area contributed by atoms with Gasteiger partial charge in [0.1, 0.15) is 0 Å². The Morgan fingerprint density at radius 3 is 2.70 bits per heavy atom. The minimum Gasteiger partial charge on any atom is -0.481 e. The molecule has 0 radical (unpaired) electrons. The fourth-order valence-corrected chi connectivity index (χ4v) is 2.91. The molecule has 5 nitrogen and oxygen atoms in total. The maximum atomic E-state index is 11.0. The van der Waals surface area contributed by atoms with E-state index in [2.05, 4.69) is 34.6 Å². The van der Waals surface area contributed by atoms with Crippen LogP contribution in [-0.4, -0.2) is 33.7 Å². The molecule has 1 N–H and O–H groups in total. The van der Waals surface area contributed by atoms with Crippen molar-refractivity contribution in [2.75, 3.05) is 18.0 Å². The molecule has 20 heavy (non-hydrogen) atoms. The van der Waals surface area contributed by atoms with Crippen LogP contribution in [0.4, 0.5) is 5.95 Å². The third-order valence-electron chi connectivity index (χ3n) is 4.14. The number of fused-ring (bicyclic) bond motifs is 1. The lowest BCUT2D eigenvalue weighted by Gasteiger charge is -2.30. The Kier molecular flexibility index (Phi) is 3.12. The van der Waals surface area contributed by atoms with Gasteiger partial charge in [0.2, 0.25) is 5.95 Å². The summed E-state index contributed by atoms with van der Waals surface area (Å²) in [6, 6.07) is 6.26. The van der Waals surface area contributed by atoms with Gasteiger partial charge in [0.05, 0.1) is 17.0 Å². The largest absolute Gasteiger partial charge is 0.481 e. The minimum atomic E-state index is -0.676. The van der Waals surface area contributed by atoms with Gasteiger partial charge < -0.3 is 14.6 Å². The van der Waals surface area contributed by atoms with Crippen LogP contribution in [-0.2, 0) is 11.8 Å². The second-order valence-corrected chi connectivity index (χ2v) is 5.56. The summed E-state index contributed by atoms with van der Waals surface area (Å²) >= 11 is 0. The molecular weight excluding hydrogens is 254 g/mol. The highest BCUT2D eigenvalue weighted by Gasteiger charge is 2.26. The summed E-state index contributed by atoms with van der Waals surface area (Å²) in [5.41, 5.74) is 3.32. The summed E-state index contributed by atoms with van der Waals surface area (Å²) in [6.45, 7) is 3.58. The van der Waals surface area contributed by atoms with Crippen molar-refractivity contribution in [1.29, 1.82) is 0 Å². The number of carbonyl (C=O) groups is 1. The van der Waals surface area contributed by atoms with Gasteiger partial charge in [-0.15, -0.1) is 0 Å². The van der Waals surface area contributed by atoms with Crippen molar-refractivity contribution in [1.82, 2.24) is 9.55 Å². The van der Waals surface area contributed by atoms with E-state index in [0.717, 1.165) is 30.1 Å². The molecule has 5 heteroatoms. The lowest BCUT2D eigenvalue weighted by atomic mass is 9.97. The molecule has 0 unspecified atom stereocenters. The highest BCUT2D eigenvalue weighted by Crippen LogP contribution is 2.26. The monoisotopic (exact) mass is 273 g/mol. The van der Waals surface area contributed by atoms with Crippen LogP contribution in [0.1, 0.15) is 18.4 Å². The van der Waals surface area contributed by atoms with Crippen LogP contribution in [0, 0.1) is 12.8 Å². The average Bonchev–Trinajstić information content (AvgIpc) is 2.75. The molecule has 0 amide bonds. The van der Waals surface area contributed by atoms with Crippen LogP contribution in [0.5, 0.6) is 0 Å². The minimum absolute atomic E-state index is 0.205. The number of carboxylic acids is 1. The molecule has 1 aromatic heterocycles. The molecule has 1 aliphatic rings. The number of piperidine rings is 1. The third kappa shape index (κ3) is 2.13. The van der Waals surface area contributed by atoms with E-state index in [1.165, 1.54) is 5.56 Å². The van der Waals surface area contributed by atoms with Gasteiger partial charge in [0.15, 0.2) is 0 Å². The average molecular weight is 273 g/mol. The highest BCUT2D eigenvalue weighted by atomic mass is 16.4. The normalized spacial score (nSPS) is 16.8. The Labute approximate surface area is 117 Å². The Bertz CT molecular complexity index is 654. The van der Waals surface area contributed by atoms with Gasteiger partial charge >= 0.3 is 5.97 Å². The quantitative estimate of drug-likeness (QED) is 0.911. The molecule has 1 fully saturated rings. The van der Waals surface area contributed by atoms with Crippen LogP contribution < -0.4 is 4.90 Å². The number of aromatic nitrogens is 2. The maximum Gasteiger partial charge on any atom is 0.306 e. The number of aliphatic carboxylic acids is 1. The molecule has 0 saturated carbocycles. The Morgan fingerprint density at radius 2 is 2.05 bits per heavy atom. The number of nitrogens with zero attached hydrogens (tertiary/aromatic N) is 3. The third-order valence-corrected chi connectivity index (χ3v) is 4.14. The predicted octanol–water partition coefficient (Wildman–Crippen LogP) is 2.18. The van der Waals surface area contributed by atoms with Gasteiger partial charge in [0, 0.05) is 20.1 Å². The fraction of sp³-hybridized carbons (Fsp3) is 0.467. The first-order chi connectivity index (χ1) is 9.56. The number of imidazole rings is 1. The first-order valence-electron chi connectivity index (χ1n) is 6.97. The van der Waals surface area contributed by atoms with Gasteiger partial charge in [0.25, 0.3) is 0 Å². The summed E-state index contributed by atoms with van der Waals surface area (Å²) in [4.78, 5) is 17.9. The van der Waals surface area contributed by atoms with E-state index in [0.29, 0.717) is 12.8 Å². The summed E-state index contributed by atoms with van der Waals surface area (Å²) < 4.78 is 2.09. The molecule has 106 valence electrons. The van der Waals surface area contributed by atoms with Crippen molar-refractivity contribution in [2.45, 2.75) is 19.8 Å². The number of hydrogen-bond donors (Lipinski definition) is 1. The van der Waals surface area contributed by atoms with Crippen molar-refractivity contribution >= 4 is 23.0 Å². The lowest BCUT2D eigenvalue weighted by molar-refractivity contribution is -0.142. The van der Waals surface area contributed by atoms with Gasteiger partial charge in [-0.25, -0.2) is 4.98 Å². The van der Waals surface area contributed by atoms with Crippen LogP contribution >= 0.6 is 0 Å². The van der Waals surface area contributed by atoms with Gasteiger partial charge in [-0.05, 0) is 37.5 Å². The molecule has 0 spiro atoms. The van der Waals surface area contributed by atoms with Crippen molar-refractivity contribution in [3.05, 3.63) is 23.8 Å². The van der Waals surface area contributed by atoms with E-state index < -0.39 is 5.97 Å². The molecule has 1 aliphatic heterocycles. The molecular formula is C15H19N3O2. The number of aryl methyl sites for hydroxylation is 2. The van der Waals surface area contributed by atoms with E-state index in [4.69, 9.17) is 10.1 Å². The van der Waals surface area contributed by atoms with Crippen LogP contribution in [0.2, 0.25) is 0 Å². The molecule has 1 aromatic carbocycles. The second-order valence-electron chi connectivity index (χ2n) is 5.56. The van der Waals surface area contributed by atoms with E-state index in [9.17, 15) is 4.79 Å². The van der Waals surface area contributed by atoms with Crippen molar-refractivity contribution < 1.29 is 9.90 Å². The molecule has 0 bridgehead atoms. The number of rotatable bonds is 2. The Morgan fingerprint density at radius 1 is 1.35 bits per heavy atom. The predicted molar refractivity (Wildman–Crippen MR) is 78.0 cm³/mol. The van der Waals surface area contributed by atoms with Crippen LogP contribution in [0.15, 0.2) is 18.2 Å². The second kappa shape index (κ2) is 4.81. The summed E-state index contributed by atoms with van der Waals surface area (Å²) in [7, 11) is 2.02. The molecule has 3 rings (SSSR count). The Balaban J connectivity index is 1.88. The zero-order valence-corrected chi connectivity index (χ0v) is 11.8. The SMILES string of the molecule is Cc1ccc2c(c1)nc(N1CCC(C(=O)O)CC1)n2C. The number of carboxylic acid groups (broad SMARTS) is 1. The topological polar surface area (TPSA) is 58.4 Å². The molecule has 0 aliphatic carbocycles. The van der Waals surface area contributed by atoms with Crippen molar-refractivity contribution in [3.63, 3.8) is 0 Å². The smallest absolute Gasteiger partial charge is 0.306 e. The molecule has 1 saturated heterocycles. The van der Waals surface area contributed by atoms with E-state index >= 15 is 0 Å². The van der Waals surface area contributed by atoms with Gasteiger partial charge in [-0.2, -0.15) is 0 Å². The van der Waals surface area contributed by atoms with Crippen LogP contribution in [0.25, 0.3) is 11.0 Å². The molecule has 2 heterocycles. The first-order valence-corrected chi connectivity index (χ1v) is 6.97. The van der Waals surface area contributed by atoms with Gasteiger partial charge in [-0.3, -0.25) is 4.79 Å². The van der Waals surface area contributed by atoms with E-state index in [1.54, 1.807) is 0 Å². The molecule has 2 aromatic rings. The van der Waals surface area contributed by atoms with Crippen molar-refractivity contribution in [3.8, 4) is 0 Å². The lowest BCUT2D eigenvalue weighted by Crippen LogP contribution is -2.37. The first kappa shape index (κ1) is 13.0. The number of anilines is 1. The zero-order chi connectivity index (χ0) is 14.3. The zero-order valence-electron chi connectivity index (χ0n) is 11.8. The fourth-order valence-electron chi connectivity index (χ4n) is 2.91. The number of benzene rings is 1. The van der Waals surface area contributed by atoms with Crippen molar-refractivity contribution in [2.24, 2.45) is 13.0 Å². The highest BCUT2D eigenvalue weighted by molar-refractivity contribution is 5.79. The number of hydrogen-bond acceptors (Lipinski definition) is 3. The van der Waals surface area contributed by atoms with Crippen LogP contribution in [0.3, 0.4) is 0 Å². The Hall–Kier alpha value is -2.04. The maximum absolute atomic E-state index is 11.0. The van der Waals surface area contributed by atoms with E-state index in [1.807, 2.05) is 7.05 Å². The summed E-state index contributed by atoms with van der Waals surface area (Å²) in [6.07, 6.45) is 1.38. The summed E-state index contributed by atoms with van der Waals surface area (Å²) in [5, 5.41) is 9.06. The van der Waals surface area contributed by atoms with Gasteiger partial charge in [-0.1, -0.05) is 6.07 Å². The summed E-state index contributed by atoms with van der Waals surface area (Å²) in [5.74, 6) is 0.0582.